The van der Waals surface area contributed by atoms with Crippen LogP contribution in [-0.4, -0.2) is 39.8 Å². The number of nitrogens with zero attached hydrogens (tertiary/aromatic N) is 3. The highest BCUT2D eigenvalue weighted by Crippen LogP contribution is 2.23. The molecule has 0 spiro atoms. The third-order valence-corrected chi connectivity index (χ3v) is 4.61. The van der Waals surface area contributed by atoms with Crippen molar-refractivity contribution in [3.8, 4) is 11.4 Å². The number of imide groups is 1. The Hall–Kier alpha value is -3.88. The topological polar surface area (TPSA) is 105 Å². The Kier molecular flexibility index (Phi) is 4.42. The van der Waals surface area contributed by atoms with Crippen molar-refractivity contribution >= 4 is 17.7 Å². The Labute approximate surface area is 164 Å². The number of nitrogens with one attached hydrogen (secondary N) is 1. The molecular weight excluding hydrogens is 379 g/mol. The zero-order valence-corrected chi connectivity index (χ0v) is 15.5. The molecule has 8 nitrogen and oxygen atoms in total. The molecule has 0 fully saturated rings. The minimum Gasteiger partial charge on any atom is -0.341 e. The van der Waals surface area contributed by atoms with E-state index in [2.05, 4.69) is 15.5 Å². The van der Waals surface area contributed by atoms with Crippen molar-refractivity contribution in [3.63, 3.8) is 0 Å². The lowest BCUT2D eigenvalue weighted by Crippen LogP contribution is -2.27. The molecule has 1 N–H and O–H groups in total. The lowest BCUT2D eigenvalue weighted by molar-refractivity contribution is 0.0693. The molecule has 3 amide bonds. The zero-order chi connectivity index (χ0) is 20.7. The maximum Gasteiger partial charge on any atom is 0.261 e. The molecule has 3 aromatic rings. The first kappa shape index (κ1) is 18.5. The fraction of sp³-hybridized carbons (Fsp3) is 0.150. The molecule has 1 aliphatic rings. The van der Waals surface area contributed by atoms with Gasteiger partial charge in [0.25, 0.3) is 17.7 Å². The molecule has 0 aliphatic carbocycles. The van der Waals surface area contributed by atoms with Crippen LogP contribution in [0.25, 0.3) is 11.4 Å². The first-order valence-electron chi connectivity index (χ1n) is 8.72. The molecule has 4 rings (SSSR count). The van der Waals surface area contributed by atoms with E-state index in [1.54, 1.807) is 6.92 Å². The maximum atomic E-state index is 13.0. The SMILES string of the molecule is C[C@H](NC(=O)c1ccc2c(c1)C(=O)N(C)C2=O)c1nc(-c2ccc(F)cc2)no1. The summed E-state index contributed by atoms with van der Waals surface area (Å²) in [6, 6.07) is 9.32. The number of carbonyl (C=O) groups excluding carboxylic acids is 3. The van der Waals surface area contributed by atoms with Gasteiger partial charge in [-0.25, -0.2) is 4.39 Å². The second-order valence-electron chi connectivity index (χ2n) is 6.59. The highest BCUT2D eigenvalue weighted by atomic mass is 19.1. The summed E-state index contributed by atoms with van der Waals surface area (Å²) in [7, 11) is 1.39. The van der Waals surface area contributed by atoms with Gasteiger partial charge in [0, 0.05) is 18.2 Å². The molecule has 29 heavy (non-hydrogen) atoms. The molecule has 2 aromatic carbocycles. The summed E-state index contributed by atoms with van der Waals surface area (Å²) in [6.07, 6.45) is 0. The predicted octanol–water partition coefficient (Wildman–Crippen LogP) is 2.59. The predicted molar refractivity (Wildman–Crippen MR) is 98.4 cm³/mol. The number of rotatable bonds is 4. The average Bonchev–Trinajstić information content (AvgIpc) is 3.29. The van der Waals surface area contributed by atoms with Crippen LogP contribution in [0.5, 0.6) is 0 Å². The van der Waals surface area contributed by atoms with E-state index in [0.29, 0.717) is 5.56 Å². The highest BCUT2D eigenvalue weighted by Gasteiger charge is 2.33. The first-order chi connectivity index (χ1) is 13.8. The fourth-order valence-electron chi connectivity index (χ4n) is 2.97. The number of halogens is 1. The van der Waals surface area contributed by atoms with E-state index in [1.165, 1.54) is 49.5 Å². The van der Waals surface area contributed by atoms with Crippen LogP contribution in [0, 0.1) is 5.82 Å². The van der Waals surface area contributed by atoms with Crippen LogP contribution in [0.15, 0.2) is 47.0 Å². The third kappa shape index (κ3) is 3.27. The van der Waals surface area contributed by atoms with E-state index in [0.717, 1.165) is 4.90 Å². The molecule has 146 valence electrons. The molecular formula is C20H15FN4O4. The first-order valence-corrected chi connectivity index (χ1v) is 8.72. The normalized spacial score (nSPS) is 14.1. The van der Waals surface area contributed by atoms with Crippen LogP contribution < -0.4 is 5.32 Å². The van der Waals surface area contributed by atoms with Gasteiger partial charge in [0.15, 0.2) is 0 Å². The number of hydrogen-bond acceptors (Lipinski definition) is 6. The molecule has 0 saturated heterocycles. The van der Waals surface area contributed by atoms with E-state index >= 15 is 0 Å². The molecule has 1 aliphatic heterocycles. The van der Waals surface area contributed by atoms with Gasteiger partial charge in [0.2, 0.25) is 11.7 Å². The van der Waals surface area contributed by atoms with Crippen LogP contribution in [0.2, 0.25) is 0 Å². The Morgan fingerprint density at radius 3 is 2.52 bits per heavy atom. The van der Waals surface area contributed by atoms with Crippen LogP contribution >= 0.6 is 0 Å². The van der Waals surface area contributed by atoms with Gasteiger partial charge in [-0.05, 0) is 49.4 Å². The van der Waals surface area contributed by atoms with Gasteiger partial charge in [-0.3, -0.25) is 19.3 Å². The molecule has 0 saturated carbocycles. The minimum absolute atomic E-state index is 0.171. The van der Waals surface area contributed by atoms with Crippen molar-refractivity contribution < 1.29 is 23.3 Å². The lowest BCUT2D eigenvalue weighted by atomic mass is 10.1. The number of fused-ring (bicyclic) bond motifs is 1. The van der Waals surface area contributed by atoms with Gasteiger partial charge in [0.05, 0.1) is 11.1 Å². The minimum atomic E-state index is -0.613. The quantitative estimate of drug-likeness (QED) is 0.682. The molecule has 0 radical (unpaired) electrons. The van der Waals surface area contributed by atoms with Crippen molar-refractivity contribution in [1.29, 1.82) is 0 Å². The van der Waals surface area contributed by atoms with Crippen LogP contribution in [0.3, 0.4) is 0 Å². The molecule has 2 heterocycles. The summed E-state index contributed by atoms with van der Waals surface area (Å²) in [5.41, 5.74) is 1.26. The summed E-state index contributed by atoms with van der Waals surface area (Å²) in [6.45, 7) is 1.66. The van der Waals surface area contributed by atoms with Crippen LogP contribution in [0.4, 0.5) is 4.39 Å². The van der Waals surface area contributed by atoms with Crippen molar-refractivity contribution in [3.05, 3.63) is 70.9 Å². The largest absolute Gasteiger partial charge is 0.341 e. The maximum absolute atomic E-state index is 13.0. The summed E-state index contributed by atoms with van der Waals surface area (Å²) in [5, 5.41) is 6.55. The fourth-order valence-corrected chi connectivity index (χ4v) is 2.97. The number of carbonyl (C=O) groups is 3. The standard InChI is InChI=1S/C20H15FN4O4/c1-10(18-23-16(24-29-18)11-3-6-13(21)7-4-11)22-17(26)12-5-8-14-15(9-12)20(28)25(2)19(14)27/h3-10H,1-2H3,(H,22,26)/t10-/m0/s1. The Morgan fingerprint density at radius 2 is 1.79 bits per heavy atom. The van der Waals surface area contributed by atoms with Gasteiger partial charge in [-0.2, -0.15) is 4.98 Å². The van der Waals surface area contributed by atoms with E-state index in [-0.39, 0.29) is 34.2 Å². The molecule has 1 atom stereocenters. The zero-order valence-electron chi connectivity index (χ0n) is 15.5. The smallest absolute Gasteiger partial charge is 0.261 e. The summed E-state index contributed by atoms with van der Waals surface area (Å²) in [5.74, 6) is -1.25. The lowest BCUT2D eigenvalue weighted by Gasteiger charge is -2.10. The van der Waals surface area contributed by atoms with Gasteiger partial charge in [0.1, 0.15) is 11.9 Å². The average molecular weight is 394 g/mol. The van der Waals surface area contributed by atoms with Gasteiger partial charge in [-0.1, -0.05) is 5.16 Å². The molecule has 1 aromatic heterocycles. The number of aromatic nitrogens is 2. The highest BCUT2D eigenvalue weighted by molar-refractivity contribution is 6.21. The summed E-state index contributed by atoms with van der Waals surface area (Å²) >= 11 is 0. The number of amides is 3. The Bertz CT molecular complexity index is 1140. The second kappa shape index (κ2) is 6.93. The summed E-state index contributed by atoms with van der Waals surface area (Å²) in [4.78, 5) is 41.8. The van der Waals surface area contributed by atoms with Gasteiger partial charge < -0.3 is 9.84 Å². The second-order valence-corrected chi connectivity index (χ2v) is 6.59. The van der Waals surface area contributed by atoms with Crippen molar-refractivity contribution in [2.24, 2.45) is 0 Å². The summed E-state index contributed by atoms with van der Waals surface area (Å²) < 4.78 is 18.2. The van der Waals surface area contributed by atoms with E-state index in [4.69, 9.17) is 4.52 Å². The van der Waals surface area contributed by atoms with Gasteiger partial charge >= 0.3 is 0 Å². The Balaban J connectivity index is 1.50. The van der Waals surface area contributed by atoms with E-state index < -0.39 is 23.8 Å². The monoisotopic (exact) mass is 394 g/mol. The van der Waals surface area contributed by atoms with Crippen LogP contribution in [0.1, 0.15) is 49.9 Å². The molecule has 0 bridgehead atoms. The number of hydrogen-bond donors (Lipinski definition) is 1. The third-order valence-electron chi connectivity index (χ3n) is 4.61. The van der Waals surface area contributed by atoms with Crippen LogP contribution in [-0.2, 0) is 0 Å². The molecule has 9 heteroatoms. The molecule has 0 unspecified atom stereocenters. The van der Waals surface area contributed by atoms with E-state index in [9.17, 15) is 18.8 Å². The van der Waals surface area contributed by atoms with Gasteiger partial charge in [-0.15, -0.1) is 0 Å². The number of benzene rings is 2. The Morgan fingerprint density at radius 1 is 1.10 bits per heavy atom. The van der Waals surface area contributed by atoms with Crippen molar-refractivity contribution in [2.45, 2.75) is 13.0 Å². The van der Waals surface area contributed by atoms with Crippen molar-refractivity contribution in [2.75, 3.05) is 7.05 Å². The van der Waals surface area contributed by atoms with Crippen molar-refractivity contribution in [1.82, 2.24) is 20.4 Å². The van der Waals surface area contributed by atoms with E-state index in [1.807, 2.05) is 0 Å².